The third kappa shape index (κ3) is 3.76. The largest absolute Gasteiger partial charge is 0.496 e. The van der Waals surface area contributed by atoms with Gasteiger partial charge >= 0.3 is 0 Å². The molecule has 0 saturated carbocycles. The molecule has 0 heterocycles. The summed E-state index contributed by atoms with van der Waals surface area (Å²) in [6.07, 6.45) is 0.775. The molecule has 21 heavy (non-hydrogen) atoms. The summed E-state index contributed by atoms with van der Waals surface area (Å²) in [5, 5.41) is 0. The number of rotatable bonds is 6. The third-order valence-electron chi connectivity index (χ3n) is 3.52. The van der Waals surface area contributed by atoms with Crippen LogP contribution in [0.5, 0.6) is 11.5 Å². The van der Waals surface area contributed by atoms with Crippen LogP contribution in [0, 0.1) is 0 Å². The Bertz CT molecular complexity index is 564. The molecular weight excluding hydrogens is 262 g/mol. The van der Waals surface area contributed by atoms with E-state index in [2.05, 4.69) is 19.1 Å². The highest BCUT2D eigenvalue weighted by Gasteiger charge is 2.21. The quantitative estimate of drug-likeness (QED) is 0.879. The molecule has 0 amide bonds. The molecule has 2 aromatic carbocycles. The fourth-order valence-electron chi connectivity index (χ4n) is 2.31. The van der Waals surface area contributed by atoms with Crippen molar-refractivity contribution in [2.24, 2.45) is 5.73 Å². The SMILES string of the molecule is CCc1ccc(OC(c2ccccc2OC)C(C)N)cc1. The lowest BCUT2D eigenvalue weighted by molar-refractivity contribution is 0.176. The van der Waals surface area contributed by atoms with Crippen LogP contribution in [0.2, 0.25) is 0 Å². The molecule has 112 valence electrons. The number of hydrogen-bond acceptors (Lipinski definition) is 3. The Kier molecular flexibility index (Phi) is 5.23. The van der Waals surface area contributed by atoms with Crippen molar-refractivity contribution in [2.45, 2.75) is 32.4 Å². The van der Waals surface area contributed by atoms with Crippen molar-refractivity contribution in [1.82, 2.24) is 0 Å². The number of methoxy groups -OCH3 is 1. The van der Waals surface area contributed by atoms with E-state index in [4.69, 9.17) is 15.2 Å². The van der Waals surface area contributed by atoms with Crippen LogP contribution >= 0.6 is 0 Å². The third-order valence-corrected chi connectivity index (χ3v) is 3.52. The molecule has 2 unspecified atom stereocenters. The van der Waals surface area contributed by atoms with Crippen LogP contribution in [-0.2, 0) is 6.42 Å². The van der Waals surface area contributed by atoms with E-state index in [9.17, 15) is 0 Å². The van der Waals surface area contributed by atoms with E-state index in [1.54, 1.807) is 7.11 Å². The fourth-order valence-corrected chi connectivity index (χ4v) is 2.31. The molecule has 2 N–H and O–H groups in total. The normalized spacial score (nSPS) is 13.5. The van der Waals surface area contributed by atoms with Crippen LogP contribution in [0.1, 0.15) is 31.1 Å². The molecule has 0 aromatic heterocycles. The van der Waals surface area contributed by atoms with Gasteiger partial charge in [-0.05, 0) is 37.1 Å². The molecule has 0 radical (unpaired) electrons. The Hall–Kier alpha value is -2.00. The number of para-hydroxylation sites is 1. The molecule has 0 spiro atoms. The summed E-state index contributed by atoms with van der Waals surface area (Å²) in [6.45, 7) is 4.08. The minimum atomic E-state index is -0.242. The Balaban J connectivity index is 2.26. The van der Waals surface area contributed by atoms with Crippen LogP contribution in [0.4, 0.5) is 0 Å². The first kappa shape index (κ1) is 15.4. The van der Waals surface area contributed by atoms with Gasteiger partial charge in [-0.1, -0.05) is 37.3 Å². The van der Waals surface area contributed by atoms with E-state index in [1.807, 2.05) is 43.3 Å². The summed E-state index contributed by atoms with van der Waals surface area (Å²) >= 11 is 0. The predicted octanol–water partition coefficient (Wildman–Crippen LogP) is 3.72. The van der Waals surface area contributed by atoms with Gasteiger partial charge in [-0.3, -0.25) is 0 Å². The van der Waals surface area contributed by atoms with E-state index in [-0.39, 0.29) is 12.1 Å². The van der Waals surface area contributed by atoms with Crippen molar-refractivity contribution in [1.29, 1.82) is 0 Å². The van der Waals surface area contributed by atoms with Crippen LogP contribution in [0.3, 0.4) is 0 Å². The maximum atomic E-state index is 6.12. The van der Waals surface area contributed by atoms with Gasteiger partial charge in [-0.2, -0.15) is 0 Å². The van der Waals surface area contributed by atoms with Crippen molar-refractivity contribution in [3.63, 3.8) is 0 Å². The highest BCUT2D eigenvalue weighted by Crippen LogP contribution is 2.30. The summed E-state index contributed by atoms with van der Waals surface area (Å²) in [5.74, 6) is 1.62. The van der Waals surface area contributed by atoms with Gasteiger partial charge in [0, 0.05) is 11.6 Å². The molecule has 0 aliphatic heterocycles. The van der Waals surface area contributed by atoms with Gasteiger partial charge in [0.15, 0.2) is 0 Å². The molecule has 2 aromatic rings. The second kappa shape index (κ2) is 7.14. The lowest BCUT2D eigenvalue weighted by Crippen LogP contribution is -2.29. The van der Waals surface area contributed by atoms with Crippen LogP contribution < -0.4 is 15.2 Å². The van der Waals surface area contributed by atoms with Gasteiger partial charge in [0.25, 0.3) is 0 Å². The smallest absolute Gasteiger partial charge is 0.142 e. The molecule has 3 nitrogen and oxygen atoms in total. The maximum Gasteiger partial charge on any atom is 0.142 e. The number of aryl methyl sites for hydroxylation is 1. The van der Waals surface area contributed by atoms with Crippen LogP contribution in [-0.4, -0.2) is 13.2 Å². The first-order valence-electron chi connectivity index (χ1n) is 7.29. The van der Waals surface area contributed by atoms with Crippen LogP contribution in [0.25, 0.3) is 0 Å². The van der Waals surface area contributed by atoms with E-state index in [0.29, 0.717) is 0 Å². The second-order valence-corrected chi connectivity index (χ2v) is 5.14. The average Bonchev–Trinajstić information content (AvgIpc) is 2.53. The highest BCUT2D eigenvalue weighted by atomic mass is 16.5. The number of nitrogens with two attached hydrogens (primary N) is 1. The lowest BCUT2D eigenvalue weighted by Gasteiger charge is -2.24. The molecule has 0 saturated heterocycles. The Labute approximate surface area is 126 Å². The Morgan fingerprint density at radius 3 is 2.29 bits per heavy atom. The topological polar surface area (TPSA) is 44.5 Å². The molecular formula is C18H23NO2. The van der Waals surface area contributed by atoms with Gasteiger partial charge in [0.05, 0.1) is 7.11 Å². The van der Waals surface area contributed by atoms with Gasteiger partial charge in [0.2, 0.25) is 0 Å². The first-order chi connectivity index (χ1) is 10.2. The summed E-state index contributed by atoms with van der Waals surface area (Å²) < 4.78 is 11.5. The van der Waals surface area contributed by atoms with E-state index in [1.165, 1.54) is 5.56 Å². The molecule has 3 heteroatoms. The average molecular weight is 285 g/mol. The zero-order valence-corrected chi connectivity index (χ0v) is 12.9. The number of ether oxygens (including phenoxy) is 2. The fraction of sp³-hybridized carbons (Fsp3) is 0.333. The maximum absolute atomic E-state index is 6.12. The van der Waals surface area contributed by atoms with E-state index in [0.717, 1.165) is 23.5 Å². The van der Waals surface area contributed by atoms with Crippen molar-refractivity contribution >= 4 is 0 Å². The van der Waals surface area contributed by atoms with Crippen LogP contribution in [0.15, 0.2) is 48.5 Å². The van der Waals surface area contributed by atoms with Gasteiger partial charge in [0.1, 0.15) is 17.6 Å². The van der Waals surface area contributed by atoms with E-state index < -0.39 is 0 Å². The van der Waals surface area contributed by atoms with Crippen molar-refractivity contribution in [3.8, 4) is 11.5 Å². The monoisotopic (exact) mass is 285 g/mol. The standard InChI is InChI=1S/C18H23NO2/c1-4-14-9-11-15(12-10-14)21-18(13(2)19)16-7-5-6-8-17(16)20-3/h5-13,18H,4,19H2,1-3H3. The summed E-state index contributed by atoms with van der Waals surface area (Å²) in [4.78, 5) is 0. The van der Waals surface area contributed by atoms with Crippen molar-refractivity contribution in [3.05, 3.63) is 59.7 Å². The van der Waals surface area contributed by atoms with Crippen molar-refractivity contribution in [2.75, 3.05) is 7.11 Å². The highest BCUT2D eigenvalue weighted by molar-refractivity contribution is 5.37. The number of benzene rings is 2. The van der Waals surface area contributed by atoms with Crippen molar-refractivity contribution < 1.29 is 9.47 Å². The summed E-state index contributed by atoms with van der Waals surface area (Å²) in [7, 11) is 1.66. The molecule has 0 aliphatic rings. The molecule has 0 aliphatic carbocycles. The minimum Gasteiger partial charge on any atom is -0.496 e. The molecule has 0 bridgehead atoms. The lowest BCUT2D eigenvalue weighted by atomic mass is 10.0. The molecule has 2 rings (SSSR count). The summed E-state index contributed by atoms with van der Waals surface area (Å²) in [6, 6.07) is 15.8. The second-order valence-electron chi connectivity index (χ2n) is 5.14. The van der Waals surface area contributed by atoms with E-state index >= 15 is 0 Å². The number of hydrogen-bond donors (Lipinski definition) is 1. The molecule has 0 fully saturated rings. The van der Waals surface area contributed by atoms with Gasteiger partial charge in [-0.25, -0.2) is 0 Å². The zero-order chi connectivity index (χ0) is 15.2. The summed E-state index contributed by atoms with van der Waals surface area (Å²) in [5.41, 5.74) is 8.37. The zero-order valence-electron chi connectivity index (χ0n) is 12.9. The first-order valence-corrected chi connectivity index (χ1v) is 7.29. The Morgan fingerprint density at radius 2 is 1.71 bits per heavy atom. The minimum absolute atomic E-state index is 0.146. The van der Waals surface area contributed by atoms with Gasteiger partial charge in [-0.15, -0.1) is 0 Å². The molecule has 2 atom stereocenters. The Morgan fingerprint density at radius 1 is 1.05 bits per heavy atom. The van der Waals surface area contributed by atoms with Gasteiger partial charge < -0.3 is 15.2 Å². The predicted molar refractivity (Wildman–Crippen MR) is 85.8 cm³/mol.